The van der Waals surface area contributed by atoms with Gasteiger partial charge in [0.05, 0.1) is 0 Å². The summed E-state index contributed by atoms with van der Waals surface area (Å²) in [7, 11) is 0. The molecule has 1 saturated heterocycles. The van der Waals surface area contributed by atoms with Crippen molar-refractivity contribution >= 4 is 34.2 Å². The van der Waals surface area contributed by atoms with Crippen molar-refractivity contribution in [1.82, 2.24) is 0 Å². The van der Waals surface area contributed by atoms with Gasteiger partial charge in [0.25, 0.3) is 0 Å². The Labute approximate surface area is 124 Å². The van der Waals surface area contributed by atoms with Crippen molar-refractivity contribution in [2.45, 2.75) is 11.8 Å². The lowest BCUT2D eigenvalue weighted by atomic mass is 9.90. The number of nitrogens with two attached hydrogens (primary N) is 1. The van der Waals surface area contributed by atoms with Crippen molar-refractivity contribution in [2.75, 3.05) is 0 Å². The molecule has 0 spiro atoms. The average molecular weight is 372 g/mol. The highest BCUT2D eigenvalue weighted by atomic mass is 127. The molecule has 2 N–H and O–H groups in total. The van der Waals surface area contributed by atoms with Crippen molar-refractivity contribution in [3.05, 3.63) is 68.3 Å². The SMILES string of the molecule is NC1OC1(c1ccc(Cl)cc1)c1ccc(I)cc1. The first-order valence-corrected chi connectivity index (χ1v) is 7.04. The molecule has 2 atom stereocenters. The van der Waals surface area contributed by atoms with Crippen molar-refractivity contribution in [2.24, 2.45) is 5.73 Å². The first-order chi connectivity index (χ1) is 8.63. The Morgan fingerprint density at radius 3 is 1.89 bits per heavy atom. The van der Waals surface area contributed by atoms with Crippen LogP contribution < -0.4 is 5.73 Å². The van der Waals surface area contributed by atoms with Crippen LogP contribution in [0.1, 0.15) is 11.1 Å². The van der Waals surface area contributed by atoms with Crippen LogP contribution in [0.5, 0.6) is 0 Å². The fourth-order valence-corrected chi connectivity index (χ4v) is 2.68. The van der Waals surface area contributed by atoms with Gasteiger partial charge in [0.1, 0.15) is 6.23 Å². The molecule has 4 heteroatoms. The molecule has 0 bridgehead atoms. The molecule has 0 saturated carbocycles. The topological polar surface area (TPSA) is 38.5 Å². The molecule has 3 rings (SSSR count). The van der Waals surface area contributed by atoms with E-state index in [2.05, 4.69) is 46.9 Å². The Balaban J connectivity index is 2.06. The van der Waals surface area contributed by atoms with Crippen LogP contribution in [0.15, 0.2) is 48.5 Å². The molecule has 1 fully saturated rings. The molecule has 0 amide bonds. The summed E-state index contributed by atoms with van der Waals surface area (Å²) in [6.45, 7) is 0. The van der Waals surface area contributed by atoms with E-state index in [1.165, 1.54) is 3.57 Å². The highest BCUT2D eigenvalue weighted by molar-refractivity contribution is 14.1. The third-order valence-electron chi connectivity index (χ3n) is 3.20. The van der Waals surface area contributed by atoms with E-state index >= 15 is 0 Å². The molecule has 2 aromatic carbocycles. The molecule has 92 valence electrons. The van der Waals surface area contributed by atoms with Crippen LogP contribution in [-0.2, 0) is 10.3 Å². The Kier molecular flexibility index (Phi) is 3.10. The summed E-state index contributed by atoms with van der Waals surface area (Å²) < 4.78 is 6.88. The largest absolute Gasteiger partial charge is 0.340 e. The Hall–Kier alpha value is -0.620. The van der Waals surface area contributed by atoms with Gasteiger partial charge in [-0.1, -0.05) is 35.9 Å². The second kappa shape index (κ2) is 4.49. The van der Waals surface area contributed by atoms with E-state index in [9.17, 15) is 0 Å². The summed E-state index contributed by atoms with van der Waals surface area (Å²) in [5, 5.41) is 0.714. The highest BCUT2D eigenvalue weighted by Gasteiger charge is 2.57. The molecule has 1 aliphatic rings. The van der Waals surface area contributed by atoms with Crippen LogP contribution in [-0.4, -0.2) is 6.23 Å². The molecule has 2 aromatic rings. The van der Waals surface area contributed by atoms with E-state index in [0.29, 0.717) is 5.02 Å². The van der Waals surface area contributed by atoms with Gasteiger partial charge in [0.15, 0.2) is 5.60 Å². The number of epoxide rings is 1. The van der Waals surface area contributed by atoms with Gasteiger partial charge in [0.2, 0.25) is 0 Å². The lowest BCUT2D eigenvalue weighted by molar-refractivity contribution is 0.329. The number of hydrogen-bond donors (Lipinski definition) is 1. The summed E-state index contributed by atoms with van der Waals surface area (Å²) in [6, 6.07) is 15.9. The molecular weight excluding hydrogens is 361 g/mol. The van der Waals surface area contributed by atoms with Crippen LogP contribution in [0.4, 0.5) is 0 Å². The van der Waals surface area contributed by atoms with Gasteiger partial charge in [-0.2, -0.15) is 0 Å². The molecule has 0 aromatic heterocycles. The fourth-order valence-electron chi connectivity index (χ4n) is 2.19. The minimum Gasteiger partial charge on any atom is -0.340 e. The van der Waals surface area contributed by atoms with Crippen molar-refractivity contribution in [3.63, 3.8) is 0 Å². The van der Waals surface area contributed by atoms with Crippen LogP contribution >= 0.6 is 34.2 Å². The van der Waals surface area contributed by atoms with Crippen LogP contribution in [0.3, 0.4) is 0 Å². The predicted molar refractivity (Wildman–Crippen MR) is 80.5 cm³/mol. The lowest BCUT2D eigenvalue weighted by Gasteiger charge is -2.13. The third-order valence-corrected chi connectivity index (χ3v) is 4.17. The minimum atomic E-state index is -0.505. The number of ether oxygens (including phenoxy) is 1. The summed E-state index contributed by atoms with van der Waals surface area (Å²) in [6.07, 6.45) is -0.293. The zero-order chi connectivity index (χ0) is 12.8. The maximum absolute atomic E-state index is 5.98. The summed E-state index contributed by atoms with van der Waals surface area (Å²) in [4.78, 5) is 0. The van der Waals surface area contributed by atoms with E-state index < -0.39 is 5.60 Å². The zero-order valence-electron chi connectivity index (χ0n) is 9.44. The second-order valence-electron chi connectivity index (χ2n) is 4.29. The van der Waals surface area contributed by atoms with Gasteiger partial charge in [-0.3, -0.25) is 0 Å². The smallest absolute Gasteiger partial charge is 0.159 e. The van der Waals surface area contributed by atoms with Crippen molar-refractivity contribution in [1.29, 1.82) is 0 Å². The van der Waals surface area contributed by atoms with Gasteiger partial charge in [-0.25, -0.2) is 0 Å². The van der Waals surface area contributed by atoms with E-state index in [-0.39, 0.29) is 6.23 Å². The number of rotatable bonds is 2. The Morgan fingerprint density at radius 1 is 1.00 bits per heavy atom. The fraction of sp³-hybridized carbons (Fsp3) is 0.143. The molecule has 2 unspecified atom stereocenters. The molecule has 2 nitrogen and oxygen atoms in total. The van der Waals surface area contributed by atoms with Gasteiger partial charge in [-0.15, -0.1) is 0 Å². The molecule has 0 aliphatic carbocycles. The first-order valence-electron chi connectivity index (χ1n) is 5.58. The molecule has 0 radical (unpaired) electrons. The highest BCUT2D eigenvalue weighted by Crippen LogP contribution is 2.49. The van der Waals surface area contributed by atoms with E-state index in [1.54, 1.807) is 0 Å². The Morgan fingerprint density at radius 2 is 1.44 bits per heavy atom. The predicted octanol–water partition coefficient (Wildman–Crippen LogP) is 3.50. The quantitative estimate of drug-likeness (QED) is 0.648. The summed E-state index contributed by atoms with van der Waals surface area (Å²) in [5.74, 6) is 0. The van der Waals surface area contributed by atoms with Gasteiger partial charge in [0, 0.05) is 8.59 Å². The lowest BCUT2D eigenvalue weighted by Crippen LogP contribution is -2.20. The average Bonchev–Trinajstić information content (AvgIpc) is 3.04. The van der Waals surface area contributed by atoms with Crippen LogP contribution in [0.2, 0.25) is 5.02 Å². The van der Waals surface area contributed by atoms with E-state index in [4.69, 9.17) is 22.1 Å². The Bertz CT molecular complexity index is 522. The molecule has 1 heterocycles. The molecule has 1 aliphatic heterocycles. The van der Waals surface area contributed by atoms with Gasteiger partial charge in [-0.05, 0) is 58.0 Å². The minimum absolute atomic E-state index is 0.293. The van der Waals surface area contributed by atoms with Gasteiger partial charge >= 0.3 is 0 Å². The van der Waals surface area contributed by atoms with Gasteiger partial charge < -0.3 is 10.5 Å². The van der Waals surface area contributed by atoms with Crippen molar-refractivity contribution < 1.29 is 4.74 Å². The second-order valence-corrected chi connectivity index (χ2v) is 5.97. The van der Waals surface area contributed by atoms with Crippen LogP contribution in [0.25, 0.3) is 0 Å². The number of hydrogen-bond acceptors (Lipinski definition) is 2. The molecular formula is C14H11ClINO. The maximum atomic E-state index is 5.98. The third kappa shape index (κ3) is 1.95. The number of benzene rings is 2. The first kappa shape index (κ1) is 12.4. The zero-order valence-corrected chi connectivity index (χ0v) is 12.4. The standard InChI is InChI=1S/C14H11ClINO/c15-11-5-1-9(2-6-11)14(13(17)18-14)10-3-7-12(16)8-4-10/h1-8,13H,17H2. The summed E-state index contributed by atoms with van der Waals surface area (Å²) in [5.41, 5.74) is 7.60. The monoisotopic (exact) mass is 371 g/mol. The summed E-state index contributed by atoms with van der Waals surface area (Å²) >= 11 is 8.19. The van der Waals surface area contributed by atoms with Crippen molar-refractivity contribution in [3.8, 4) is 0 Å². The normalized spacial score (nSPS) is 26.1. The van der Waals surface area contributed by atoms with E-state index in [1.807, 2.05) is 24.3 Å². The number of halogens is 2. The van der Waals surface area contributed by atoms with Crippen LogP contribution in [0, 0.1) is 3.57 Å². The maximum Gasteiger partial charge on any atom is 0.159 e. The molecule has 18 heavy (non-hydrogen) atoms. The van der Waals surface area contributed by atoms with E-state index in [0.717, 1.165) is 11.1 Å².